The van der Waals surface area contributed by atoms with Crippen molar-refractivity contribution >= 4 is 55.0 Å². The van der Waals surface area contributed by atoms with E-state index in [0.29, 0.717) is 10.9 Å². The first-order valence-electron chi connectivity index (χ1n) is 5.27. The minimum atomic E-state index is -3.76. The third kappa shape index (κ3) is 4.77. The number of aliphatic hydroxyl groups excluding tert-OH is 1. The number of halogens is 3. The summed E-state index contributed by atoms with van der Waals surface area (Å²) >= 11 is 15.1. The van der Waals surface area contributed by atoms with Gasteiger partial charge in [0.05, 0.1) is 15.7 Å². The molecule has 5 nitrogen and oxygen atoms in total. The van der Waals surface area contributed by atoms with Crippen LogP contribution in [-0.2, 0) is 10.2 Å². The number of aliphatic hydroxyl groups is 1. The molecule has 1 aromatic carbocycles. The molecular formula is C10H13BrCl2N2O3S. The topological polar surface area (TPSA) is 69.6 Å². The Hall–Kier alpha value is -0.0500. The number of nitrogens with zero attached hydrogens (tertiary/aromatic N) is 1. The third-order valence-corrected chi connectivity index (χ3v) is 4.80. The molecule has 0 atom stereocenters. The van der Waals surface area contributed by atoms with Gasteiger partial charge in [-0.3, -0.25) is 4.72 Å². The molecule has 0 bridgehead atoms. The fraction of sp³-hybridized carbons (Fsp3) is 0.400. The second-order valence-corrected chi connectivity index (χ2v) is 7.26. The van der Waals surface area contributed by atoms with Crippen LogP contribution in [-0.4, -0.2) is 38.0 Å². The van der Waals surface area contributed by atoms with E-state index in [2.05, 4.69) is 20.7 Å². The molecular weight excluding hydrogens is 379 g/mol. The molecule has 0 aliphatic heterocycles. The Kier molecular flexibility index (Phi) is 6.35. The van der Waals surface area contributed by atoms with Gasteiger partial charge in [-0.15, -0.1) is 0 Å². The average molecular weight is 392 g/mol. The Morgan fingerprint density at radius 2 is 1.89 bits per heavy atom. The van der Waals surface area contributed by atoms with Crippen molar-refractivity contribution in [2.24, 2.45) is 0 Å². The van der Waals surface area contributed by atoms with E-state index in [1.165, 1.54) is 7.05 Å². The minimum Gasteiger partial charge on any atom is -0.396 e. The van der Waals surface area contributed by atoms with Crippen molar-refractivity contribution in [2.75, 3.05) is 24.9 Å². The number of hydrogen-bond acceptors (Lipinski definition) is 3. The highest BCUT2D eigenvalue weighted by Gasteiger charge is 2.20. The van der Waals surface area contributed by atoms with Gasteiger partial charge in [-0.05, 0) is 18.6 Å². The molecule has 108 valence electrons. The van der Waals surface area contributed by atoms with E-state index in [-0.39, 0.29) is 28.9 Å². The van der Waals surface area contributed by atoms with Crippen molar-refractivity contribution in [1.82, 2.24) is 4.31 Å². The highest BCUT2D eigenvalue weighted by molar-refractivity contribution is 9.10. The SMILES string of the molecule is CN(CCCO)S(=O)(=O)Nc1c(Cl)cc(Br)cc1Cl. The van der Waals surface area contributed by atoms with E-state index in [4.69, 9.17) is 28.3 Å². The van der Waals surface area contributed by atoms with E-state index in [0.717, 1.165) is 4.31 Å². The predicted molar refractivity (Wildman–Crippen MR) is 81.0 cm³/mol. The van der Waals surface area contributed by atoms with Crippen LogP contribution in [0.4, 0.5) is 5.69 Å². The quantitative estimate of drug-likeness (QED) is 0.783. The van der Waals surface area contributed by atoms with Crippen molar-refractivity contribution in [3.8, 4) is 0 Å². The van der Waals surface area contributed by atoms with Gasteiger partial charge in [-0.25, -0.2) is 0 Å². The van der Waals surface area contributed by atoms with Crippen LogP contribution in [0.15, 0.2) is 16.6 Å². The maximum Gasteiger partial charge on any atom is 0.301 e. The van der Waals surface area contributed by atoms with Gasteiger partial charge in [0.2, 0.25) is 0 Å². The Bertz CT molecular complexity index is 531. The van der Waals surface area contributed by atoms with Gasteiger partial charge in [-0.2, -0.15) is 12.7 Å². The van der Waals surface area contributed by atoms with Crippen LogP contribution in [0.2, 0.25) is 10.0 Å². The summed E-state index contributed by atoms with van der Waals surface area (Å²) in [5.74, 6) is 0. The molecule has 0 radical (unpaired) electrons. The molecule has 0 unspecified atom stereocenters. The fourth-order valence-corrected chi connectivity index (χ4v) is 3.68. The molecule has 9 heteroatoms. The van der Waals surface area contributed by atoms with Gasteiger partial charge in [0.25, 0.3) is 0 Å². The zero-order chi connectivity index (χ0) is 14.6. The summed E-state index contributed by atoms with van der Waals surface area (Å²) in [5.41, 5.74) is 0.127. The lowest BCUT2D eigenvalue weighted by Crippen LogP contribution is -2.33. The standard InChI is InChI=1S/C10H13BrCl2N2O3S/c1-15(3-2-4-16)19(17,18)14-10-8(12)5-7(11)6-9(10)13/h5-6,14,16H,2-4H2,1H3. The van der Waals surface area contributed by atoms with Crippen LogP contribution in [0.3, 0.4) is 0 Å². The molecule has 1 rings (SSSR count). The van der Waals surface area contributed by atoms with E-state index in [1.807, 2.05) is 0 Å². The van der Waals surface area contributed by atoms with Gasteiger partial charge in [0.1, 0.15) is 0 Å². The van der Waals surface area contributed by atoms with Crippen LogP contribution < -0.4 is 4.72 Å². The predicted octanol–water partition coefficient (Wildman–Crippen LogP) is 2.73. The molecule has 0 spiro atoms. The number of rotatable bonds is 6. The second kappa shape index (κ2) is 7.10. The van der Waals surface area contributed by atoms with E-state index in [9.17, 15) is 8.42 Å². The summed E-state index contributed by atoms with van der Waals surface area (Å²) in [6.07, 6.45) is 0.346. The summed E-state index contributed by atoms with van der Waals surface area (Å²) in [7, 11) is -2.35. The molecule has 0 amide bonds. The van der Waals surface area contributed by atoms with Crippen LogP contribution >= 0.6 is 39.1 Å². The Labute approximate surface area is 130 Å². The van der Waals surface area contributed by atoms with E-state index >= 15 is 0 Å². The summed E-state index contributed by atoms with van der Waals surface area (Å²) in [5, 5.41) is 9.09. The smallest absolute Gasteiger partial charge is 0.301 e. The summed E-state index contributed by atoms with van der Waals surface area (Å²) in [6.45, 7) is 0.108. The Morgan fingerprint density at radius 3 is 2.37 bits per heavy atom. The van der Waals surface area contributed by atoms with Crippen molar-refractivity contribution in [2.45, 2.75) is 6.42 Å². The van der Waals surface area contributed by atoms with Crippen molar-refractivity contribution in [3.05, 3.63) is 26.7 Å². The molecule has 0 fully saturated rings. The largest absolute Gasteiger partial charge is 0.396 e. The van der Waals surface area contributed by atoms with E-state index in [1.54, 1.807) is 12.1 Å². The van der Waals surface area contributed by atoms with Gasteiger partial charge in [0.15, 0.2) is 0 Å². The van der Waals surface area contributed by atoms with Crippen LogP contribution in [0.1, 0.15) is 6.42 Å². The average Bonchev–Trinajstić information content (AvgIpc) is 2.30. The zero-order valence-electron chi connectivity index (χ0n) is 10.0. The molecule has 0 aromatic heterocycles. The number of nitrogens with one attached hydrogen (secondary N) is 1. The first-order chi connectivity index (χ1) is 8.77. The lowest BCUT2D eigenvalue weighted by molar-refractivity contribution is 0.276. The monoisotopic (exact) mass is 390 g/mol. The molecule has 0 aliphatic rings. The number of anilines is 1. The number of benzene rings is 1. The summed E-state index contributed by atoms with van der Waals surface area (Å²) < 4.78 is 28.1. The van der Waals surface area contributed by atoms with Gasteiger partial charge in [0, 0.05) is 24.7 Å². The lowest BCUT2D eigenvalue weighted by atomic mass is 10.3. The summed E-state index contributed by atoms with van der Waals surface area (Å²) in [6, 6.07) is 3.08. The zero-order valence-corrected chi connectivity index (χ0v) is 13.9. The first kappa shape index (κ1) is 17.0. The number of hydrogen-bond donors (Lipinski definition) is 2. The molecule has 19 heavy (non-hydrogen) atoms. The Balaban J connectivity index is 2.96. The van der Waals surface area contributed by atoms with Gasteiger partial charge in [-0.1, -0.05) is 39.1 Å². The lowest BCUT2D eigenvalue weighted by Gasteiger charge is -2.19. The fourth-order valence-electron chi connectivity index (χ4n) is 1.26. The van der Waals surface area contributed by atoms with Crippen LogP contribution in [0, 0.1) is 0 Å². The highest BCUT2D eigenvalue weighted by Crippen LogP contribution is 2.34. The molecule has 0 heterocycles. The van der Waals surface area contributed by atoms with Crippen molar-refractivity contribution < 1.29 is 13.5 Å². The van der Waals surface area contributed by atoms with Crippen LogP contribution in [0.25, 0.3) is 0 Å². The molecule has 1 aromatic rings. The first-order valence-corrected chi connectivity index (χ1v) is 8.26. The van der Waals surface area contributed by atoms with Gasteiger partial charge < -0.3 is 5.11 Å². The molecule has 0 saturated carbocycles. The van der Waals surface area contributed by atoms with Crippen molar-refractivity contribution in [1.29, 1.82) is 0 Å². The minimum absolute atomic E-state index is 0.0837. The molecule has 0 aliphatic carbocycles. The van der Waals surface area contributed by atoms with Crippen LogP contribution in [0.5, 0.6) is 0 Å². The van der Waals surface area contributed by atoms with E-state index < -0.39 is 10.2 Å². The maximum absolute atomic E-state index is 12.0. The third-order valence-electron chi connectivity index (χ3n) is 2.28. The highest BCUT2D eigenvalue weighted by atomic mass is 79.9. The maximum atomic E-state index is 12.0. The summed E-state index contributed by atoms with van der Waals surface area (Å²) in [4.78, 5) is 0. The van der Waals surface area contributed by atoms with Crippen molar-refractivity contribution in [3.63, 3.8) is 0 Å². The van der Waals surface area contributed by atoms with Gasteiger partial charge >= 0.3 is 10.2 Å². The molecule has 2 N–H and O–H groups in total. The second-order valence-electron chi connectivity index (χ2n) is 3.75. The molecule has 0 saturated heterocycles. The normalized spacial score (nSPS) is 11.9. The Morgan fingerprint density at radius 1 is 1.37 bits per heavy atom.